The zero-order valence-electron chi connectivity index (χ0n) is 14.6. The topological polar surface area (TPSA) is 54.0 Å². The van der Waals surface area contributed by atoms with Crippen molar-refractivity contribution < 1.29 is 9.18 Å². The van der Waals surface area contributed by atoms with Gasteiger partial charge in [0.2, 0.25) is 0 Å². The molecule has 1 aromatic heterocycles. The zero-order chi connectivity index (χ0) is 19.1. The number of pyridine rings is 1. The number of carbonyl (C=O) groups is 1. The van der Waals surface area contributed by atoms with E-state index < -0.39 is 0 Å². The summed E-state index contributed by atoms with van der Waals surface area (Å²) in [6.45, 7) is 0.831. The van der Waals surface area contributed by atoms with Crippen LogP contribution in [0.2, 0.25) is 5.02 Å². The van der Waals surface area contributed by atoms with E-state index >= 15 is 0 Å². The van der Waals surface area contributed by atoms with Crippen molar-refractivity contribution in [2.24, 2.45) is 0 Å². The second kappa shape index (κ2) is 9.14. The largest absolute Gasteiger partial charge is 0.366 e. The minimum absolute atomic E-state index is 0.190. The molecule has 2 N–H and O–H groups in total. The smallest absolute Gasteiger partial charge is 0.252 e. The van der Waals surface area contributed by atoms with Crippen LogP contribution in [-0.4, -0.2) is 17.4 Å². The molecular weight excluding hydrogens is 365 g/mol. The summed E-state index contributed by atoms with van der Waals surface area (Å²) in [7, 11) is 0. The number of hydrogen-bond acceptors (Lipinski definition) is 3. The van der Waals surface area contributed by atoms with Crippen LogP contribution < -0.4 is 10.6 Å². The van der Waals surface area contributed by atoms with Crippen molar-refractivity contribution in [3.63, 3.8) is 0 Å². The highest BCUT2D eigenvalue weighted by Crippen LogP contribution is 2.12. The van der Waals surface area contributed by atoms with Crippen LogP contribution >= 0.6 is 11.6 Å². The van der Waals surface area contributed by atoms with Crippen molar-refractivity contribution in [1.29, 1.82) is 0 Å². The highest BCUT2D eigenvalue weighted by Gasteiger charge is 2.06. The number of anilines is 1. The van der Waals surface area contributed by atoms with Crippen LogP contribution in [0.4, 0.5) is 10.2 Å². The van der Waals surface area contributed by atoms with E-state index in [1.807, 2.05) is 24.3 Å². The lowest BCUT2D eigenvalue weighted by Gasteiger charge is -2.08. The van der Waals surface area contributed by atoms with Crippen molar-refractivity contribution in [3.05, 3.63) is 94.4 Å². The number of nitrogens with zero attached hydrogens (tertiary/aromatic N) is 1. The molecule has 0 bridgehead atoms. The number of carbonyl (C=O) groups excluding carboxylic acids is 1. The SMILES string of the molecule is O=C(NCCc1cccc(Cl)c1)c1ccc(NCc2ccccc2F)nc1. The van der Waals surface area contributed by atoms with Crippen molar-refractivity contribution in [3.8, 4) is 0 Å². The summed E-state index contributed by atoms with van der Waals surface area (Å²) >= 11 is 5.95. The monoisotopic (exact) mass is 383 g/mol. The minimum Gasteiger partial charge on any atom is -0.366 e. The lowest BCUT2D eigenvalue weighted by Crippen LogP contribution is -2.25. The van der Waals surface area contributed by atoms with E-state index in [9.17, 15) is 9.18 Å². The average Bonchev–Trinajstić information content (AvgIpc) is 2.68. The van der Waals surface area contributed by atoms with Gasteiger partial charge in [-0.25, -0.2) is 9.37 Å². The molecule has 4 nitrogen and oxygen atoms in total. The molecule has 0 spiro atoms. The molecular formula is C21H19ClFN3O. The molecule has 3 aromatic rings. The van der Waals surface area contributed by atoms with Crippen molar-refractivity contribution in [2.45, 2.75) is 13.0 Å². The Labute approximate surface area is 162 Å². The molecule has 0 saturated carbocycles. The summed E-state index contributed by atoms with van der Waals surface area (Å²) in [6, 6.07) is 17.5. The summed E-state index contributed by atoms with van der Waals surface area (Å²) < 4.78 is 13.6. The lowest BCUT2D eigenvalue weighted by molar-refractivity contribution is 0.0954. The zero-order valence-corrected chi connectivity index (χ0v) is 15.3. The van der Waals surface area contributed by atoms with Crippen LogP contribution in [0.25, 0.3) is 0 Å². The van der Waals surface area contributed by atoms with Crippen LogP contribution in [0.5, 0.6) is 0 Å². The molecule has 27 heavy (non-hydrogen) atoms. The number of nitrogens with one attached hydrogen (secondary N) is 2. The van der Waals surface area contributed by atoms with E-state index in [4.69, 9.17) is 11.6 Å². The second-order valence-electron chi connectivity index (χ2n) is 6.01. The van der Waals surface area contributed by atoms with Crippen molar-refractivity contribution >= 4 is 23.3 Å². The van der Waals surface area contributed by atoms with Gasteiger partial charge in [-0.05, 0) is 42.3 Å². The Balaban J connectivity index is 1.49. The van der Waals surface area contributed by atoms with Gasteiger partial charge in [0.05, 0.1) is 5.56 Å². The van der Waals surface area contributed by atoms with Gasteiger partial charge in [-0.15, -0.1) is 0 Å². The maximum Gasteiger partial charge on any atom is 0.252 e. The first-order valence-electron chi connectivity index (χ1n) is 8.58. The number of benzene rings is 2. The lowest BCUT2D eigenvalue weighted by atomic mass is 10.1. The van der Waals surface area contributed by atoms with Crippen LogP contribution in [-0.2, 0) is 13.0 Å². The number of rotatable bonds is 7. The van der Waals surface area contributed by atoms with Gasteiger partial charge in [-0.2, -0.15) is 0 Å². The van der Waals surface area contributed by atoms with E-state index in [0.29, 0.717) is 41.5 Å². The molecule has 0 unspecified atom stereocenters. The fourth-order valence-corrected chi connectivity index (χ4v) is 2.79. The molecule has 0 aliphatic rings. The van der Waals surface area contributed by atoms with Gasteiger partial charge in [0.1, 0.15) is 11.6 Å². The average molecular weight is 384 g/mol. The predicted molar refractivity (Wildman–Crippen MR) is 105 cm³/mol. The number of aromatic nitrogens is 1. The summed E-state index contributed by atoms with van der Waals surface area (Å²) in [6.07, 6.45) is 2.19. The highest BCUT2D eigenvalue weighted by atomic mass is 35.5. The molecule has 0 aliphatic carbocycles. The molecule has 1 heterocycles. The summed E-state index contributed by atoms with van der Waals surface area (Å²) in [4.78, 5) is 16.4. The third-order valence-corrected chi connectivity index (χ3v) is 4.27. The Morgan fingerprint density at radius 1 is 1.07 bits per heavy atom. The molecule has 6 heteroatoms. The molecule has 138 valence electrons. The number of halogens is 2. The number of amides is 1. The normalized spacial score (nSPS) is 10.4. The first kappa shape index (κ1) is 18.9. The Morgan fingerprint density at radius 3 is 2.67 bits per heavy atom. The van der Waals surface area contributed by atoms with Crippen LogP contribution in [0, 0.1) is 5.82 Å². The fourth-order valence-electron chi connectivity index (χ4n) is 2.58. The molecule has 2 aromatic carbocycles. The first-order valence-corrected chi connectivity index (χ1v) is 8.95. The Bertz CT molecular complexity index is 915. The molecule has 0 aliphatic heterocycles. The molecule has 1 amide bonds. The summed E-state index contributed by atoms with van der Waals surface area (Å²) in [5.74, 6) is 0.125. The van der Waals surface area contributed by atoms with Crippen LogP contribution in [0.3, 0.4) is 0 Å². The fraction of sp³-hybridized carbons (Fsp3) is 0.143. The van der Waals surface area contributed by atoms with Gasteiger partial charge < -0.3 is 10.6 Å². The number of hydrogen-bond donors (Lipinski definition) is 2. The van der Waals surface area contributed by atoms with E-state index in [2.05, 4.69) is 15.6 Å². The van der Waals surface area contributed by atoms with E-state index in [1.165, 1.54) is 12.3 Å². The van der Waals surface area contributed by atoms with Crippen LogP contribution in [0.1, 0.15) is 21.5 Å². The maximum atomic E-state index is 13.6. The molecule has 3 rings (SSSR count). The van der Waals surface area contributed by atoms with E-state index in [0.717, 1.165) is 5.56 Å². The highest BCUT2D eigenvalue weighted by molar-refractivity contribution is 6.30. The summed E-state index contributed by atoms with van der Waals surface area (Å²) in [5.41, 5.74) is 2.09. The van der Waals surface area contributed by atoms with Gasteiger partial charge in [-0.3, -0.25) is 4.79 Å². The minimum atomic E-state index is -0.263. The molecule has 0 atom stereocenters. The van der Waals surface area contributed by atoms with E-state index in [-0.39, 0.29) is 11.7 Å². The van der Waals surface area contributed by atoms with Crippen molar-refractivity contribution in [1.82, 2.24) is 10.3 Å². The predicted octanol–water partition coefficient (Wildman–Crippen LogP) is 4.46. The maximum absolute atomic E-state index is 13.6. The molecule has 0 fully saturated rings. The van der Waals surface area contributed by atoms with Crippen LogP contribution in [0.15, 0.2) is 66.9 Å². The van der Waals surface area contributed by atoms with Gasteiger partial charge in [0, 0.05) is 29.9 Å². The van der Waals surface area contributed by atoms with Gasteiger partial charge in [0.25, 0.3) is 5.91 Å². The second-order valence-corrected chi connectivity index (χ2v) is 6.45. The third kappa shape index (κ3) is 5.53. The standard InChI is InChI=1S/C21H19ClFN3O/c22-18-6-3-4-15(12-18)10-11-24-21(27)17-8-9-20(26-14-17)25-13-16-5-1-2-7-19(16)23/h1-9,12,14H,10-11,13H2,(H,24,27)(H,25,26). The Kier molecular flexibility index (Phi) is 6.39. The Hall–Kier alpha value is -2.92. The van der Waals surface area contributed by atoms with Gasteiger partial charge in [-0.1, -0.05) is 41.9 Å². The van der Waals surface area contributed by atoms with Gasteiger partial charge in [0.15, 0.2) is 0 Å². The van der Waals surface area contributed by atoms with E-state index in [1.54, 1.807) is 30.3 Å². The molecule has 0 saturated heterocycles. The molecule has 0 radical (unpaired) electrons. The van der Waals surface area contributed by atoms with Crippen molar-refractivity contribution in [2.75, 3.05) is 11.9 Å². The van der Waals surface area contributed by atoms with Gasteiger partial charge >= 0.3 is 0 Å². The first-order chi connectivity index (χ1) is 13.1. The third-order valence-electron chi connectivity index (χ3n) is 4.03. The summed E-state index contributed by atoms with van der Waals surface area (Å²) in [5, 5.41) is 6.58. The Morgan fingerprint density at radius 2 is 1.93 bits per heavy atom. The quantitative estimate of drug-likeness (QED) is 0.633.